The Hall–Kier alpha value is -0.870. The molecule has 0 amide bonds. The van der Waals surface area contributed by atoms with Crippen LogP contribution in [0, 0.1) is 0 Å². The summed E-state index contributed by atoms with van der Waals surface area (Å²) in [5.41, 5.74) is 0. The molecular weight excluding hydrogens is 190 g/mol. The average molecular weight is 209 g/mol. The molecule has 0 radical (unpaired) electrons. The molecule has 1 fully saturated rings. The van der Waals surface area contributed by atoms with Crippen LogP contribution in [-0.4, -0.2) is 36.1 Å². The average Bonchev–Trinajstić information content (AvgIpc) is 2.87. The quantitative estimate of drug-likeness (QED) is 0.804. The summed E-state index contributed by atoms with van der Waals surface area (Å²) in [6.45, 7) is 5.10. The van der Waals surface area contributed by atoms with Crippen molar-refractivity contribution in [2.45, 2.75) is 32.4 Å². The predicted molar refractivity (Wildman–Crippen MR) is 58.6 cm³/mol. The largest absolute Gasteiger partial charge is 0.444 e. The van der Waals surface area contributed by atoms with Gasteiger partial charge in [-0.15, -0.1) is 0 Å². The number of nitrogens with zero attached hydrogens (tertiary/aromatic N) is 2. The monoisotopic (exact) mass is 209 g/mol. The molecule has 2 rings (SSSR count). The third-order valence-corrected chi connectivity index (χ3v) is 2.99. The van der Waals surface area contributed by atoms with E-state index in [1.807, 2.05) is 6.20 Å². The van der Waals surface area contributed by atoms with E-state index in [1.165, 1.54) is 6.42 Å². The van der Waals surface area contributed by atoms with Crippen molar-refractivity contribution in [3.8, 4) is 0 Å². The highest BCUT2D eigenvalue weighted by atomic mass is 16.4. The summed E-state index contributed by atoms with van der Waals surface area (Å²) in [6, 6.07) is 0.627. The second-order valence-corrected chi connectivity index (χ2v) is 4.14. The maximum absolute atomic E-state index is 5.59. The third-order valence-electron chi connectivity index (χ3n) is 2.99. The van der Waals surface area contributed by atoms with Gasteiger partial charge in [0.05, 0.1) is 12.7 Å². The van der Waals surface area contributed by atoms with Crippen LogP contribution < -0.4 is 5.32 Å². The molecule has 1 aliphatic heterocycles. The first-order valence-corrected chi connectivity index (χ1v) is 5.64. The van der Waals surface area contributed by atoms with Crippen LogP contribution in [0.1, 0.15) is 25.0 Å². The van der Waals surface area contributed by atoms with E-state index in [0.29, 0.717) is 6.04 Å². The third kappa shape index (κ3) is 2.58. The van der Waals surface area contributed by atoms with E-state index in [2.05, 4.69) is 29.2 Å². The number of likely N-dealkylation sites (N-methyl/N-ethyl adjacent to an activating group) is 1. The second-order valence-electron chi connectivity index (χ2n) is 4.14. The molecule has 15 heavy (non-hydrogen) atoms. The van der Waals surface area contributed by atoms with Crippen LogP contribution in [0.4, 0.5) is 0 Å². The molecule has 1 aliphatic rings. The summed E-state index contributed by atoms with van der Waals surface area (Å²) in [6.07, 6.45) is 3.97. The highest BCUT2D eigenvalue weighted by Crippen LogP contribution is 2.11. The van der Waals surface area contributed by atoms with Crippen LogP contribution in [0.15, 0.2) is 10.6 Å². The molecule has 0 unspecified atom stereocenters. The molecule has 1 atom stereocenters. The summed E-state index contributed by atoms with van der Waals surface area (Å²) < 4.78 is 5.59. The molecule has 4 nitrogen and oxygen atoms in total. The van der Waals surface area contributed by atoms with Gasteiger partial charge in [0.25, 0.3) is 0 Å². The van der Waals surface area contributed by atoms with Crippen molar-refractivity contribution < 1.29 is 4.42 Å². The molecule has 1 aromatic heterocycles. The van der Waals surface area contributed by atoms with E-state index >= 15 is 0 Å². The lowest BCUT2D eigenvalue weighted by molar-refractivity contribution is 0.223. The topological polar surface area (TPSA) is 41.3 Å². The van der Waals surface area contributed by atoms with Crippen molar-refractivity contribution in [1.82, 2.24) is 15.2 Å². The molecule has 0 saturated carbocycles. The Kier molecular flexibility index (Phi) is 3.38. The van der Waals surface area contributed by atoms with E-state index in [4.69, 9.17) is 4.42 Å². The first-order valence-electron chi connectivity index (χ1n) is 5.64. The van der Waals surface area contributed by atoms with Gasteiger partial charge >= 0.3 is 0 Å². The Balaban J connectivity index is 1.89. The molecule has 1 aromatic rings. The smallest absolute Gasteiger partial charge is 0.208 e. The molecular formula is C11H19N3O. The number of aryl methyl sites for hydroxylation is 1. The van der Waals surface area contributed by atoms with Crippen molar-refractivity contribution in [2.24, 2.45) is 0 Å². The molecule has 1 N–H and O–H groups in total. The molecule has 2 heterocycles. The molecule has 0 aliphatic carbocycles. The number of hydrogen-bond acceptors (Lipinski definition) is 4. The Morgan fingerprint density at radius 3 is 3.13 bits per heavy atom. The maximum Gasteiger partial charge on any atom is 0.208 e. The minimum Gasteiger partial charge on any atom is -0.444 e. The fraction of sp³-hybridized carbons (Fsp3) is 0.727. The van der Waals surface area contributed by atoms with Gasteiger partial charge in [-0.25, -0.2) is 4.98 Å². The summed E-state index contributed by atoms with van der Waals surface area (Å²) in [4.78, 5) is 6.58. The zero-order valence-electron chi connectivity index (χ0n) is 9.49. The highest BCUT2D eigenvalue weighted by molar-refractivity contribution is 4.94. The van der Waals surface area contributed by atoms with Gasteiger partial charge in [-0.05, 0) is 20.0 Å². The van der Waals surface area contributed by atoms with Gasteiger partial charge in [0.2, 0.25) is 5.89 Å². The number of nitrogens with one attached hydrogen (secondary N) is 1. The molecule has 0 bridgehead atoms. The van der Waals surface area contributed by atoms with Crippen molar-refractivity contribution in [2.75, 3.05) is 20.1 Å². The Labute approximate surface area is 90.7 Å². The van der Waals surface area contributed by atoms with Crippen molar-refractivity contribution in [1.29, 1.82) is 0 Å². The van der Waals surface area contributed by atoms with Crippen LogP contribution in [0.25, 0.3) is 0 Å². The Bertz CT molecular complexity index is 305. The lowest BCUT2D eigenvalue weighted by atomic mass is 10.2. The van der Waals surface area contributed by atoms with Crippen molar-refractivity contribution in [3.63, 3.8) is 0 Å². The minimum atomic E-state index is 0.627. The van der Waals surface area contributed by atoms with Gasteiger partial charge < -0.3 is 9.73 Å². The van der Waals surface area contributed by atoms with Gasteiger partial charge in [-0.3, -0.25) is 4.90 Å². The van der Waals surface area contributed by atoms with Gasteiger partial charge in [0, 0.05) is 19.0 Å². The summed E-state index contributed by atoms with van der Waals surface area (Å²) in [5.74, 6) is 1.81. The van der Waals surface area contributed by atoms with E-state index in [-0.39, 0.29) is 0 Å². The summed E-state index contributed by atoms with van der Waals surface area (Å²) in [7, 11) is 2.13. The molecule has 4 heteroatoms. The molecule has 84 valence electrons. The highest BCUT2D eigenvalue weighted by Gasteiger charge is 2.20. The number of rotatable bonds is 4. The Morgan fingerprint density at radius 1 is 1.67 bits per heavy atom. The minimum absolute atomic E-state index is 0.627. The van der Waals surface area contributed by atoms with Crippen LogP contribution >= 0.6 is 0 Å². The lowest BCUT2D eigenvalue weighted by Gasteiger charge is -2.21. The number of hydrogen-bond donors (Lipinski definition) is 1. The van der Waals surface area contributed by atoms with Crippen molar-refractivity contribution >= 4 is 0 Å². The lowest BCUT2D eigenvalue weighted by Crippen LogP contribution is -2.32. The van der Waals surface area contributed by atoms with Gasteiger partial charge in [0.15, 0.2) is 0 Å². The van der Waals surface area contributed by atoms with Gasteiger partial charge in [0.1, 0.15) is 5.76 Å². The summed E-state index contributed by atoms with van der Waals surface area (Å²) >= 11 is 0. The first-order chi connectivity index (χ1) is 7.29. The second kappa shape index (κ2) is 4.77. The van der Waals surface area contributed by atoms with Gasteiger partial charge in [-0.2, -0.15) is 0 Å². The van der Waals surface area contributed by atoms with E-state index < -0.39 is 0 Å². The van der Waals surface area contributed by atoms with E-state index in [9.17, 15) is 0 Å². The van der Waals surface area contributed by atoms with Crippen LogP contribution in [0.2, 0.25) is 0 Å². The normalized spacial score (nSPS) is 21.4. The maximum atomic E-state index is 5.59. The van der Waals surface area contributed by atoms with Gasteiger partial charge in [-0.1, -0.05) is 6.92 Å². The van der Waals surface area contributed by atoms with E-state index in [1.54, 1.807) is 0 Å². The first kappa shape index (κ1) is 10.6. The van der Waals surface area contributed by atoms with E-state index in [0.717, 1.165) is 37.7 Å². The number of aromatic nitrogens is 1. The fourth-order valence-corrected chi connectivity index (χ4v) is 1.94. The van der Waals surface area contributed by atoms with Crippen LogP contribution in [0.5, 0.6) is 0 Å². The zero-order chi connectivity index (χ0) is 10.7. The van der Waals surface area contributed by atoms with Crippen LogP contribution in [-0.2, 0) is 13.0 Å². The fourth-order valence-electron chi connectivity index (χ4n) is 1.94. The zero-order valence-corrected chi connectivity index (χ0v) is 9.49. The standard InChI is InChI=1S/C11H19N3O/c1-3-10-7-13-11(15-10)8-14(2)9-4-5-12-6-9/h7,9,12H,3-6,8H2,1-2H3/t9-/m0/s1. The van der Waals surface area contributed by atoms with Crippen molar-refractivity contribution in [3.05, 3.63) is 17.8 Å². The molecule has 1 saturated heterocycles. The molecule has 0 spiro atoms. The van der Waals surface area contributed by atoms with Crippen LogP contribution in [0.3, 0.4) is 0 Å². The SMILES string of the molecule is CCc1cnc(CN(C)[C@H]2CCNC2)o1. The summed E-state index contributed by atoms with van der Waals surface area (Å²) in [5, 5.41) is 3.36. The predicted octanol–water partition coefficient (Wildman–Crippen LogP) is 1.03. The Morgan fingerprint density at radius 2 is 2.53 bits per heavy atom. The molecule has 0 aromatic carbocycles. The number of oxazole rings is 1.